The summed E-state index contributed by atoms with van der Waals surface area (Å²) >= 11 is 0. The van der Waals surface area contributed by atoms with Crippen molar-refractivity contribution in [3.8, 4) is 0 Å². The van der Waals surface area contributed by atoms with Crippen LogP contribution in [0.2, 0.25) is 0 Å². The second kappa shape index (κ2) is 12.1. The predicted molar refractivity (Wildman–Crippen MR) is 129 cm³/mol. The van der Waals surface area contributed by atoms with Crippen molar-refractivity contribution >= 4 is 5.97 Å². The van der Waals surface area contributed by atoms with E-state index in [0.717, 1.165) is 17.5 Å². The summed E-state index contributed by atoms with van der Waals surface area (Å²) in [6.07, 6.45) is 2.97. The summed E-state index contributed by atoms with van der Waals surface area (Å²) < 4.78 is 24.7. The third-order valence-corrected chi connectivity index (χ3v) is 6.53. The molecule has 5 nitrogen and oxygen atoms in total. The van der Waals surface area contributed by atoms with E-state index in [0.29, 0.717) is 26.1 Å². The van der Waals surface area contributed by atoms with E-state index in [1.165, 1.54) is 7.11 Å². The molecule has 0 aromatic heterocycles. The summed E-state index contributed by atoms with van der Waals surface area (Å²) in [7, 11) is 1.41. The average Bonchev–Trinajstić information content (AvgIpc) is 2.87. The van der Waals surface area contributed by atoms with Crippen molar-refractivity contribution < 1.29 is 23.7 Å². The standard InChI is InChI=1S/C28H36O5/c1-5-17-28(21(3)27(29)30-4)26(32-20-23-15-11-8-12-16-23)18-25(24(6-2)33-28)31-19-22-13-9-7-10-14-22/h5,7-16,21,24-26H,1,6,17-20H2,2-4H3. The van der Waals surface area contributed by atoms with Crippen molar-refractivity contribution in [3.05, 3.63) is 84.4 Å². The van der Waals surface area contributed by atoms with E-state index in [9.17, 15) is 4.79 Å². The van der Waals surface area contributed by atoms with Crippen molar-refractivity contribution in [1.82, 2.24) is 0 Å². The van der Waals surface area contributed by atoms with Crippen molar-refractivity contribution in [1.29, 1.82) is 0 Å². The van der Waals surface area contributed by atoms with Gasteiger partial charge in [0.05, 0.1) is 44.6 Å². The van der Waals surface area contributed by atoms with Gasteiger partial charge in [-0.1, -0.05) is 73.7 Å². The largest absolute Gasteiger partial charge is 0.469 e. The van der Waals surface area contributed by atoms with Gasteiger partial charge in [0.15, 0.2) is 0 Å². The van der Waals surface area contributed by atoms with Crippen molar-refractivity contribution in [3.63, 3.8) is 0 Å². The Morgan fingerprint density at radius 2 is 1.67 bits per heavy atom. The second-order valence-corrected chi connectivity index (χ2v) is 8.61. The molecule has 0 saturated carbocycles. The summed E-state index contributed by atoms with van der Waals surface area (Å²) in [6, 6.07) is 20.1. The molecular weight excluding hydrogens is 416 g/mol. The highest BCUT2D eigenvalue weighted by molar-refractivity contribution is 5.73. The molecule has 5 unspecified atom stereocenters. The molecule has 0 N–H and O–H groups in total. The first kappa shape index (κ1) is 25.2. The lowest BCUT2D eigenvalue weighted by molar-refractivity contribution is -0.267. The maximum atomic E-state index is 12.7. The number of ether oxygens (including phenoxy) is 4. The number of benzene rings is 2. The molecule has 1 fully saturated rings. The third kappa shape index (κ3) is 6.11. The molecule has 0 radical (unpaired) electrons. The Labute approximate surface area is 197 Å². The molecule has 0 aliphatic carbocycles. The molecule has 0 bridgehead atoms. The molecule has 3 rings (SSSR count). The maximum Gasteiger partial charge on any atom is 0.311 e. The van der Waals surface area contributed by atoms with Gasteiger partial charge < -0.3 is 18.9 Å². The minimum absolute atomic E-state index is 0.154. The Kier molecular flexibility index (Phi) is 9.24. The van der Waals surface area contributed by atoms with Gasteiger partial charge in [0.1, 0.15) is 5.60 Å². The van der Waals surface area contributed by atoms with Gasteiger partial charge in [-0.25, -0.2) is 0 Å². The summed E-state index contributed by atoms with van der Waals surface area (Å²) in [4.78, 5) is 12.7. The number of carbonyl (C=O) groups is 1. The van der Waals surface area contributed by atoms with Crippen molar-refractivity contribution in [2.45, 2.75) is 70.2 Å². The average molecular weight is 453 g/mol. The van der Waals surface area contributed by atoms with Crippen LogP contribution in [-0.2, 0) is 37.0 Å². The highest BCUT2D eigenvalue weighted by Gasteiger charge is 2.54. The van der Waals surface area contributed by atoms with Crippen LogP contribution in [0.15, 0.2) is 73.3 Å². The highest BCUT2D eigenvalue weighted by atomic mass is 16.6. The number of rotatable bonds is 11. The Morgan fingerprint density at radius 3 is 2.18 bits per heavy atom. The summed E-state index contributed by atoms with van der Waals surface area (Å²) in [5.41, 5.74) is 1.30. The van der Waals surface area contributed by atoms with E-state index < -0.39 is 11.5 Å². The molecule has 2 aromatic rings. The van der Waals surface area contributed by atoms with E-state index in [4.69, 9.17) is 18.9 Å². The summed E-state index contributed by atoms with van der Waals surface area (Å²) in [5.74, 6) is -0.839. The normalized spacial score (nSPS) is 25.8. The lowest BCUT2D eigenvalue weighted by Gasteiger charge is -2.51. The van der Waals surface area contributed by atoms with E-state index in [2.05, 4.69) is 25.6 Å². The summed E-state index contributed by atoms with van der Waals surface area (Å²) in [6.45, 7) is 8.80. The molecule has 5 atom stereocenters. The molecule has 33 heavy (non-hydrogen) atoms. The van der Waals surface area contributed by atoms with Gasteiger partial charge in [-0.2, -0.15) is 0 Å². The molecule has 1 heterocycles. The van der Waals surface area contributed by atoms with Gasteiger partial charge >= 0.3 is 5.97 Å². The molecule has 5 heteroatoms. The first-order chi connectivity index (χ1) is 16.0. The molecule has 178 valence electrons. The van der Waals surface area contributed by atoms with Gasteiger partial charge in [-0.15, -0.1) is 6.58 Å². The van der Waals surface area contributed by atoms with Crippen LogP contribution in [0.25, 0.3) is 0 Å². The minimum atomic E-state index is -0.878. The monoisotopic (exact) mass is 452 g/mol. The van der Waals surface area contributed by atoms with Crippen LogP contribution < -0.4 is 0 Å². The van der Waals surface area contributed by atoms with Crippen LogP contribution >= 0.6 is 0 Å². The Hall–Kier alpha value is -2.47. The van der Waals surface area contributed by atoms with Gasteiger partial charge in [0.2, 0.25) is 0 Å². The zero-order valence-corrected chi connectivity index (χ0v) is 19.9. The van der Waals surface area contributed by atoms with Gasteiger partial charge in [-0.05, 0) is 30.9 Å². The number of hydrogen-bond donors (Lipinski definition) is 0. The zero-order valence-electron chi connectivity index (χ0n) is 19.9. The number of esters is 1. The fourth-order valence-electron chi connectivity index (χ4n) is 4.61. The molecule has 0 amide bonds. The summed E-state index contributed by atoms with van der Waals surface area (Å²) in [5, 5.41) is 0. The maximum absolute atomic E-state index is 12.7. The molecule has 0 spiro atoms. The molecule has 1 aliphatic heterocycles. The second-order valence-electron chi connectivity index (χ2n) is 8.61. The molecular formula is C28H36O5. The van der Waals surface area contributed by atoms with Crippen LogP contribution in [0.3, 0.4) is 0 Å². The van der Waals surface area contributed by atoms with Crippen LogP contribution in [0.5, 0.6) is 0 Å². The number of methoxy groups -OCH3 is 1. The van der Waals surface area contributed by atoms with Gasteiger partial charge in [-0.3, -0.25) is 4.79 Å². The molecule has 1 aliphatic rings. The predicted octanol–water partition coefficient (Wildman–Crippen LogP) is 5.48. The van der Waals surface area contributed by atoms with Crippen LogP contribution in [0.4, 0.5) is 0 Å². The SMILES string of the molecule is C=CCC1(C(C)C(=O)OC)OC(CC)C(OCc2ccccc2)CC1OCc1ccccc1. The van der Waals surface area contributed by atoms with Crippen LogP contribution in [0.1, 0.15) is 44.2 Å². The number of carbonyl (C=O) groups excluding carboxylic acids is 1. The third-order valence-electron chi connectivity index (χ3n) is 6.53. The van der Waals surface area contributed by atoms with E-state index in [1.54, 1.807) is 6.08 Å². The first-order valence-electron chi connectivity index (χ1n) is 11.7. The Morgan fingerprint density at radius 1 is 1.09 bits per heavy atom. The lowest BCUT2D eigenvalue weighted by atomic mass is 9.75. The lowest BCUT2D eigenvalue weighted by Crippen LogP contribution is -2.62. The fraction of sp³-hybridized carbons (Fsp3) is 0.464. The zero-order chi connectivity index (χ0) is 23.7. The topological polar surface area (TPSA) is 54.0 Å². The first-order valence-corrected chi connectivity index (χ1v) is 11.7. The quantitative estimate of drug-likeness (QED) is 0.334. The van der Waals surface area contributed by atoms with Crippen molar-refractivity contribution in [2.75, 3.05) is 7.11 Å². The van der Waals surface area contributed by atoms with Crippen LogP contribution in [-0.4, -0.2) is 37.0 Å². The Balaban J connectivity index is 1.87. The molecule has 2 aromatic carbocycles. The van der Waals surface area contributed by atoms with Gasteiger partial charge in [0.25, 0.3) is 0 Å². The Bertz CT molecular complexity index is 868. The van der Waals surface area contributed by atoms with Crippen LogP contribution in [0, 0.1) is 5.92 Å². The molecule has 1 saturated heterocycles. The van der Waals surface area contributed by atoms with E-state index >= 15 is 0 Å². The minimum Gasteiger partial charge on any atom is -0.469 e. The highest BCUT2D eigenvalue weighted by Crippen LogP contribution is 2.43. The van der Waals surface area contributed by atoms with Gasteiger partial charge in [0, 0.05) is 6.42 Å². The van der Waals surface area contributed by atoms with Crippen molar-refractivity contribution in [2.24, 2.45) is 5.92 Å². The fourth-order valence-corrected chi connectivity index (χ4v) is 4.61. The number of hydrogen-bond acceptors (Lipinski definition) is 5. The smallest absolute Gasteiger partial charge is 0.311 e. The van der Waals surface area contributed by atoms with E-state index in [-0.39, 0.29) is 24.3 Å². The van der Waals surface area contributed by atoms with E-state index in [1.807, 2.05) is 55.5 Å².